The highest BCUT2D eigenvalue weighted by Crippen LogP contribution is 2.11. The lowest BCUT2D eigenvalue weighted by Gasteiger charge is -2.06. The average Bonchev–Trinajstić information content (AvgIpc) is 3.06. The molecule has 0 saturated heterocycles. The fourth-order valence-electron chi connectivity index (χ4n) is 1.99. The quantitative estimate of drug-likeness (QED) is 0.673. The molecular formula is C15H13N3O3S. The maximum Gasteiger partial charge on any atom is 0.307 e. The summed E-state index contributed by atoms with van der Waals surface area (Å²) >= 11 is 1.60. The number of nitrogens with zero attached hydrogens (tertiary/aromatic N) is 3. The zero-order valence-electron chi connectivity index (χ0n) is 11.6. The Morgan fingerprint density at radius 1 is 1.23 bits per heavy atom. The summed E-state index contributed by atoms with van der Waals surface area (Å²) < 4.78 is 6.13. The summed E-state index contributed by atoms with van der Waals surface area (Å²) in [7, 11) is 0. The van der Waals surface area contributed by atoms with Crippen molar-refractivity contribution in [1.82, 2.24) is 15.0 Å². The number of ether oxygens (including phenoxy) is 1. The van der Waals surface area contributed by atoms with E-state index in [9.17, 15) is 9.59 Å². The van der Waals surface area contributed by atoms with Gasteiger partial charge in [-0.1, -0.05) is 23.4 Å². The van der Waals surface area contributed by atoms with Gasteiger partial charge in [-0.05, 0) is 30.0 Å². The van der Waals surface area contributed by atoms with Gasteiger partial charge in [0.15, 0.2) is 6.73 Å². The fourth-order valence-corrected chi connectivity index (χ4v) is 2.70. The highest BCUT2D eigenvalue weighted by atomic mass is 32.1. The van der Waals surface area contributed by atoms with Gasteiger partial charge < -0.3 is 4.74 Å². The number of thiophene rings is 1. The SMILES string of the molecule is O=C(CCc1cccs1)OCn1nnc2ccccc2c1=O. The topological polar surface area (TPSA) is 74.1 Å². The molecule has 0 atom stereocenters. The Labute approximate surface area is 130 Å². The van der Waals surface area contributed by atoms with Crippen molar-refractivity contribution < 1.29 is 9.53 Å². The van der Waals surface area contributed by atoms with Crippen LogP contribution in [0.5, 0.6) is 0 Å². The number of benzene rings is 1. The van der Waals surface area contributed by atoms with E-state index in [4.69, 9.17) is 4.74 Å². The third-order valence-electron chi connectivity index (χ3n) is 3.13. The fraction of sp³-hybridized carbons (Fsp3) is 0.200. The third kappa shape index (κ3) is 3.20. The predicted octanol–water partition coefficient (Wildman–Crippen LogP) is 1.99. The molecule has 0 radical (unpaired) electrons. The van der Waals surface area contributed by atoms with Gasteiger partial charge >= 0.3 is 5.97 Å². The van der Waals surface area contributed by atoms with Crippen molar-refractivity contribution in [3.05, 3.63) is 57.0 Å². The van der Waals surface area contributed by atoms with E-state index in [1.807, 2.05) is 17.5 Å². The molecule has 0 fully saturated rings. The van der Waals surface area contributed by atoms with Crippen molar-refractivity contribution in [2.24, 2.45) is 0 Å². The highest BCUT2D eigenvalue weighted by Gasteiger charge is 2.08. The van der Waals surface area contributed by atoms with E-state index in [1.54, 1.807) is 35.6 Å². The first-order chi connectivity index (χ1) is 10.7. The van der Waals surface area contributed by atoms with Crippen molar-refractivity contribution in [2.75, 3.05) is 0 Å². The van der Waals surface area contributed by atoms with Gasteiger partial charge in [0.2, 0.25) is 0 Å². The van der Waals surface area contributed by atoms with Crippen LogP contribution in [-0.4, -0.2) is 21.0 Å². The molecule has 0 aliphatic carbocycles. The summed E-state index contributed by atoms with van der Waals surface area (Å²) in [5.41, 5.74) is 0.199. The van der Waals surface area contributed by atoms with E-state index in [2.05, 4.69) is 10.3 Å². The average molecular weight is 315 g/mol. The number of rotatable bonds is 5. The molecule has 0 aliphatic heterocycles. The van der Waals surface area contributed by atoms with Crippen molar-refractivity contribution in [3.63, 3.8) is 0 Å². The summed E-state index contributed by atoms with van der Waals surface area (Å²) in [4.78, 5) is 25.0. The molecule has 6 nitrogen and oxygen atoms in total. The first kappa shape index (κ1) is 14.4. The van der Waals surface area contributed by atoms with Gasteiger partial charge in [-0.3, -0.25) is 9.59 Å². The first-order valence-corrected chi connectivity index (χ1v) is 7.62. The van der Waals surface area contributed by atoms with Crippen molar-refractivity contribution >= 4 is 28.2 Å². The van der Waals surface area contributed by atoms with Crippen LogP contribution >= 0.6 is 11.3 Å². The minimum atomic E-state index is -0.366. The normalized spacial score (nSPS) is 10.7. The number of hydrogen-bond acceptors (Lipinski definition) is 6. The van der Waals surface area contributed by atoms with Gasteiger partial charge in [0.25, 0.3) is 5.56 Å². The van der Waals surface area contributed by atoms with Crippen LogP contribution in [0.3, 0.4) is 0 Å². The number of esters is 1. The molecule has 112 valence electrons. The molecular weight excluding hydrogens is 302 g/mol. The van der Waals surface area contributed by atoms with Gasteiger partial charge in [-0.15, -0.1) is 16.4 Å². The molecule has 0 aliphatic rings. The Bertz CT molecular complexity index is 843. The summed E-state index contributed by atoms with van der Waals surface area (Å²) in [6, 6.07) is 10.8. The van der Waals surface area contributed by atoms with Crippen LogP contribution < -0.4 is 5.56 Å². The second kappa shape index (κ2) is 6.48. The summed E-state index contributed by atoms with van der Waals surface area (Å²) in [5.74, 6) is -0.366. The Morgan fingerprint density at radius 3 is 2.91 bits per heavy atom. The summed E-state index contributed by atoms with van der Waals surface area (Å²) in [5, 5.41) is 10.1. The van der Waals surface area contributed by atoms with Gasteiger partial charge in [0.05, 0.1) is 11.8 Å². The maximum absolute atomic E-state index is 12.2. The van der Waals surface area contributed by atoms with Gasteiger partial charge in [0.1, 0.15) is 5.52 Å². The molecule has 0 N–H and O–H groups in total. The van der Waals surface area contributed by atoms with E-state index in [-0.39, 0.29) is 24.7 Å². The maximum atomic E-state index is 12.2. The molecule has 3 aromatic rings. The second-order valence-electron chi connectivity index (χ2n) is 4.64. The Balaban J connectivity index is 1.62. The van der Waals surface area contributed by atoms with Gasteiger partial charge in [-0.2, -0.15) is 4.68 Å². The molecule has 2 aromatic heterocycles. The molecule has 0 unspecified atom stereocenters. The van der Waals surface area contributed by atoms with Crippen LogP contribution in [-0.2, 0) is 22.7 Å². The molecule has 0 saturated carbocycles. The van der Waals surface area contributed by atoms with E-state index in [0.29, 0.717) is 17.3 Å². The molecule has 3 rings (SSSR count). The number of carbonyl (C=O) groups excluding carboxylic acids is 1. The minimum absolute atomic E-state index is 0.222. The molecule has 22 heavy (non-hydrogen) atoms. The second-order valence-corrected chi connectivity index (χ2v) is 5.67. The van der Waals surface area contributed by atoms with E-state index >= 15 is 0 Å². The van der Waals surface area contributed by atoms with Crippen molar-refractivity contribution in [3.8, 4) is 0 Å². The van der Waals surface area contributed by atoms with Crippen LogP contribution in [0.15, 0.2) is 46.6 Å². The lowest BCUT2D eigenvalue weighted by molar-refractivity contribution is -0.148. The Hall–Kier alpha value is -2.54. The summed E-state index contributed by atoms with van der Waals surface area (Å²) in [6.07, 6.45) is 0.908. The standard InChI is InChI=1S/C15H13N3O3S/c19-14(8-7-11-4-3-9-22-11)21-10-18-15(20)12-5-1-2-6-13(12)16-17-18/h1-6,9H,7-8,10H2. The van der Waals surface area contributed by atoms with Crippen LogP contribution in [0, 0.1) is 0 Å². The van der Waals surface area contributed by atoms with E-state index in [1.165, 1.54) is 0 Å². The third-order valence-corrected chi connectivity index (χ3v) is 4.07. The lowest BCUT2D eigenvalue weighted by Crippen LogP contribution is -2.26. The van der Waals surface area contributed by atoms with Crippen LogP contribution in [0.1, 0.15) is 11.3 Å². The molecule has 1 aromatic carbocycles. The number of carbonyl (C=O) groups is 1. The van der Waals surface area contributed by atoms with Gasteiger partial charge in [0, 0.05) is 4.88 Å². The molecule has 0 bridgehead atoms. The predicted molar refractivity (Wildman–Crippen MR) is 82.5 cm³/mol. The monoisotopic (exact) mass is 315 g/mol. The van der Waals surface area contributed by atoms with Gasteiger partial charge in [-0.25, -0.2) is 0 Å². The van der Waals surface area contributed by atoms with E-state index in [0.717, 1.165) is 9.56 Å². The Kier molecular flexibility index (Phi) is 4.24. The lowest BCUT2D eigenvalue weighted by atomic mass is 10.2. The van der Waals surface area contributed by atoms with Crippen molar-refractivity contribution in [2.45, 2.75) is 19.6 Å². The number of aryl methyl sites for hydroxylation is 1. The van der Waals surface area contributed by atoms with Crippen LogP contribution in [0.25, 0.3) is 10.9 Å². The van der Waals surface area contributed by atoms with Crippen LogP contribution in [0.2, 0.25) is 0 Å². The van der Waals surface area contributed by atoms with E-state index < -0.39 is 0 Å². The smallest absolute Gasteiger partial charge is 0.307 e. The number of hydrogen-bond donors (Lipinski definition) is 0. The van der Waals surface area contributed by atoms with Crippen LogP contribution in [0.4, 0.5) is 0 Å². The first-order valence-electron chi connectivity index (χ1n) is 6.74. The molecule has 0 amide bonds. The molecule has 2 heterocycles. The molecule has 0 spiro atoms. The largest absolute Gasteiger partial charge is 0.442 e. The minimum Gasteiger partial charge on any atom is -0.442 e. The molecule has 7 heteroatoms. The van der Waals surface area contributed by atoms with Crippen molar-refractivity contribution in [1.29, 1.82) is 0 Å². The zero-order chi connectivity index (χ0) is 15.4. The number of fused-ring (bicyclic) bond motifs is 1. The zero-order valence-corrected chi connectivity index (χ0v) is 12.5. The Morgan fingerprint density at radius 2 is 2.09 bits per heavy atom. The number of aromatic nitrogens is 3. The summed E-state index contributed by atoms with van der Waals surface area (Å²) in [6.45, 7) is -0.222. The highest BCUT2D eigenvalue weighted by molar-refractivity contribution is 7.09.